The number of benzene rings is 4. The standard InChI is InChI=1S/C46H48N8O6/c1-28-19-20-32(26-34(28)50-42(55)37-18-12-24-54(37)44(56)39(51-46(58)59-4)29-13-7-5-8-14-29)43-47-27-38(60-43)31-21-22-33-35(25-31)49-41(48-33)36-17-11-23-53(36)45(57)40(52(2)3)30-15-9-6-10-16-30/h5-10,13-16,19-22,25-27,36-37,39-40H,11-12,17-18,23-24H2,1-4H3,(H,48,49)(H,50,55)(H,51,58)/t36-,37-,39?,40+/m0/s1. The van der Waals surface area contributed by atoms with Gasteiger partial charge in [-0.05, 0) is 93.7 Å². The molecule has 4 aromatic carbocycles. The van der Waals surface area contributed by atoms with Gasteiger partial charge in [0.15, 0.2) is 5.76 Å². The van der Waals surface area contributed by atoms with Crippen molar-refractivity contribution in [1.82, 2.24) is 35.0 Å². The fourth-order valence-corrected chi connectivity index (χ4v) is 8.33. The zero-order valence-electron chi connectivity index (χ0n) is 34.1. The molecule has 14 nitrogen and oxygen atoms in total. The molecule has 2 fully saturated rings. The highest BCUT2D eigenvalue weighted by Crippen LogP contribution is 2.36. The van der Waals surface area contributed by atoms with E-state index in [4.69, 9.17) is 14.1 Å². The molecule has 2 aliphatic rings. The maximum atomic E-state index is 14.0. The molecule has 2 aromatic heterocycles. The van der Waals surface area contributed by atoms with Crippen LogP contribution in [-0.4, -0.2) is 93.8 Å². The van der Waals surface area contributed by atoms with E-state index < -0.39 is 24.2 Å². The number of alkyl carbamates (subject to hydrolysis) is 1. The van der Waals surface area contributed by atoms with E-state index >= 15 is 0 Å². The number of rotatable bonds is 11. The summed E-state index contributed by atoms with van der Waals surface area (Å²) < 4.78 is 11.1. The van der Waals surface area contributed by atoms with Gasteiger partial charge in [0.2, 0.25) is 17.7 Å². The highest BCUT2D eigenvalue weighted by molar-refractivity contribution is 5.99. The lowest BCUT2D eigenvalue weighted by atomic mass is 10.0. The number of aromatic nitrogens is 3. The largest absolute Gasteiger partial charge is 0.453 e. The first-order chi connectivity index (χ1) is 29.1. The molecule has 3 N–H and O–H groups in total. The number of hydrogen-bond acceptors (Lipinski definition) is 9. The van der Waals surface area contributed by atoms with Crippen LogP contribution < -0.4 is 10.6 Å². The second-order valence-corrected chi connectivity index (χ2v) is 15.5. The number of oxazole rings is 1. The number of likely N-dealkylation sites (N-methyl/N-ethyl adjacent to an activating group) is 1. The predicted octanol–water partition coefficient (Wildman–Crippen LogP) is 7.19. The molecule has 0 aliphatic carbocycles. The number of anilines is 1. The van der Waals surface area contributed by atoms with Crippen LogP contribution in [0, 0.1) is 6.92 Å². The Morgan fingerprint density at radius 3 is 2.28 bits per heavy atom. The second kappa shape index (κ2) is 17.2. The molecule has 308 valence electrons. The average Bonchev–Trinajstić information content (AvgIpc) is 4.10. The number of likely N-dealkylation sites (tertiary alicyclic amines) is 2. The summed E-state index contributed by atoms with van der Waals surface area (Å²) in [5.74, 6) is 1.02. The van der Waals surface area contributed by atoms with Crippen LogP contribution in [0.15, 0.2) is 108 Å². The third kappa shape index (κ3) is 8.10. The van der Waals surface area contributed by atoms with Crippen molar-refractivity contribution in [2.24, 2.45) is 0 Å². The van der Waals surface area contributed by atoms with Crippen molar-refractivity contribution in [3.05, 3.63) is 126 Å². The Morgan fingerprint density at radius 1 is 0.850 bits per heavy atom. The van der Waals surface area contributed by atoms with Gasteiger partial charge in [-0.15, -0.1) is 0 Å². The SMILES string of the molecule is COC(=O)NC(C(=O)N1CCC[C@H]1C(=O)Nc1cc(-c2ncc(-c3ccc4nc([C@@H]5CCCN5C(=O)[C@@H](c5ccccc5)N(C)C)[nH]c4c3)o2)ccc1C)c1ccccc1. The minimum absolute atomic E-state index is 0.0560. The summed E-state index contributed by atoms with van der Waals surface area (Å²) in [6.07, 6.45) is 3.75. The lowest BCUT2D eigenvalue weighted by molar-refractivity contribution is -0.138. The molecule has 8 rings (SSSR count). The number of nitrogens with one attached hydrogen (secondary N) is 3. The number of aryl methyl sites for hydroxylation is 1. The maximum absolute atomic E-state index is 14.0. The van der Waals surface area contributed by atoms with Gasteiger partial charge in [-0.1, -0.05) is 66.7 Å². The first kappa shape index (κ1) is 40.0. The van der Waals surface area contributed by atoms with E-state index in [1.807, 2.05) is 104 Å². The van der Waals surface area contributed by atoms with Gasteiger partial charge in [0.1, 0.15) is 23.9 Å². The third-order valence-electron chi connectivity index (χ3n) is 11.4. The van der Waals surface area contributed by atoms with E-state index in [1.54, 1.807) is 30.5 Å². The van der Waals surface area contributed by atoms with E-state index in [2.05, 4.69) is 20.6 Å². The molecule has 2 saturated heterocycles. The number of fused-ring (bicyclic) bond motifs is 1. The third-order valence-corrected chi connectivity index (χ3v) is 11.4. The number of ether oxygens (including phenoxy) is 1. The number of carbonyl (C=O) groups is 4. The van der Waals surface area contributed by atoms with Crippen LogP contribution in [0.2, 0.25) is 0 Å². The van der Waals surface area contributed by atoms with Crippen molar-refractivity contribution in [3.8, 4) is 22.8 Å². The van der Waals surface area contributed by atoms with Gasteiger partial charge in [-0.3, -0.25) is 19.3 Å². The van der Waals surface area contributed by atoms with Crippen molar-refractivity contribution in [2.45, 2.75) is 56.8 Å². The van der Waals surface area contributed by atoms with Crippen LogP contribution in [0.25, 0.3) is 33.8 Å². The van der Waals surface area contributed by atoms with Gasteiger partial charge in [-0.2, -0.15) is 0 Å². The molecule has 1 unspecified atom stereocenters. The first-order valence-corrected chi connectivity index (χ1v) is 20.2. The minimum atomic E-state index is -1.01. The number of H-pyrrole nitrogens is 1. The zero-order valence-corrected chi connectivity index (χ0v) is 34.1. The van der Waals surface area contributed by atoms with E-state index in [0.717, 1.165) is 46.4 Å². The van der Waals surface area contributed by atoms with Crippen molar-refractivity contribution in [1.29, 1.82) is 0 Å². The highest BCUT2D eigenvalue weighted by atomic mass is 16.5. The summed E-state index contributed by atoms with van der Waals surface area (Å²) in [5.41, 5.74) is 6.01. The molecular formula is C46H48N8O6. The fraction of sp³-hybridized carbons (Fsp3) is 0.304. The summed E-state index contributed by atoms with van der Waals surface area (Å²) in [5, 5.41) is 5.67. The monoisotopic (exact) mass is 808 g/mol. The van der Waals surface area contributed by atoms with Crippen LogP contribution in [0.5, 0.6) is 0 Å². The van der Waals surface area contributed by atoms with Crippen molar-refractivity contribution in [3.63, 3.8) is 0 Å². The van der Waals surface area contributed by atoms with Crippen molar-refractivity contribution in [2.75, 3.05) is 39.6 Å². The normalized spacial score (nSPS) is 17.5. The fourth-order valence-electron chi connectivity index (χ4n) is 8.33. The van der Waals surface area contributed by atoms with Gasteiger partial charge >= 0.3 is 6.09 Å². The van der Waals surface area contributed by atoms with Crippen LogP contribution >= 0.6 is 0 Å². The number of carbonyl (C=O) groups excluding carboxylic acids is 4. The lowest BCUT2D eigenvalue weighted by Crippen LogP contribution is -2.48. The molecule has 0 radical (unpaired) electrons. The van der Waals surface area contributed by atoms with E-state index in [0.29, 0.717) is 54.4 Å². The molecule has 0 spiro atoms. The summed E-state index contributed by atoms with van der Waals surface area (Å²) in [4.78, 5) is 72.4. The van der Waals surface area contributed by atoms with Crippen LogP contribution in [0.4, 0.5) is 10.5 Å². The van der Waals surface area contributed by atoms with Gasteiger partial charge in [-0.25, -0.2) is 14.8 Å². The van der Waals surface area contributed by atoms with Gasteiger partial charge in [0.25, 0.3) is 5.91 Å². The van der Waals surface area contributed by atoms with Gasteiger partial charge in [0.05, 0.1) is 30.4 Å². The van der Waals surface area contributed by atoms with Gasteiger partial charge < -0.3 is 34.6 Å². The van der Waals surface area contributed by atoms with E-state index in [9.17, 15) is 19.2 Å². The number of nitrogens with zero attached hydrogens (tertiary/aromatic N) is 5. The summed E-state index contributed by atoms with van der Waals surface area (Å²) in [6.45, 7) is 2.93. The number of amides is 4. The van der Waals surface area contributed by atoms with E-state index in [-0.39, 0.29) is 23.8 Å². The molecule has 2 aliphatic heterocycles. The topological polar surface area (TPSA) is 166 Å². The summed E-state index contributed by atoms with van der Waals surface area (Å²) in [6, 6.07) is 27.9. The molecular weight excluding hydrogens is 761 g/mol. The van der Waals surface area contributed by atoms with E-state index in [1.165, 1.54) is 12.0 Å². The van der Waals surface area contributed by atoms with Crippen LogP contribution in [-0.2, 0) is 19.1 Å². The van der Waals surface area contributed by atoms with Crippen molar-refractivity contribution >= 4 is 40.5 Å². The smallest absolute Gasteiger partial charge is 0.407 e. The van der Waals surface area contributed by atoms with Crippen LogP contribution in [0.1, 0.15) is 66.3 Å². The molecule has 14 heteroatoms. The molecule has 0 saturated carbocycles. The number of aromatic amines is 1. The second-order valence-electron chi connectivity index (χ2n) is 15.5. The van der Waals surface area contributed by atoms with Crippen molar-refractivity contribution < 1.29 is 28.3 Å². The Labute approximate surface area is 347 Å². The summed E-state index contributed by atoms with van der Waals surface area (Å²) >= 11 is 0. The zero-order chi connectivity index (χ0) is 41.9. The Hall–Kier alpha value is -6.80. The predicted molar refractivity (Wildman–Crippen MR) is 226 cm³/mol. The number of hydrogen-bond donors (Lipinski definition) is 3. The number of imidazole rings is 1. The Morgan fingerprint density at radius 2 is 1.55 bits per heavy atom. The average molecular weight is 809 g/mol. The minimum Gasteiger partial charge on any atom is -0.453 e. The van der Waals surface area contributed by atoms with Gasteiger partial charge in [0, 0.05) is 29.9 Å². The summed E-state index contributed by atoms with van der Waals surface area (Å²) in [7, 11) is 5.10. The first-order valence-electron chi connectivity index (χ1n) is 20.2. The molecule has 4 atom stereocenters. The Kier molecular flexibility index (Phi) is 11.5. The number of methoxy groups -OCH3 is 1. The lowest BCUT2D eigenvalue weighted by Gasteiger charge is -2.31. The molecule has 60 heavy (non-hydrogen) atoms. The maximum Gasteiger partial charge on any atom is 0.407 e. The highest BCUT2D eigenvalue weighted by Gasteiger charge is 2.39. The molecule has 4 amide bonds. The molecule has 0 bridgehead atoms. The molecule has 6 aromatic rings. The Balaban J connectivity index is 0.974. The molecule has 4 heterocycles. The van der Waals surface area contributed by atoms with Crippen LogP contribution in [0.3, 0.4) is 0 Å². The Bertz CT molecular complexity index is 2520. The quantitative estimate of drug-likeness (QED) is 0.123.